The molecule has 0 saturated carbocycles. The van der Waals surface area contributed by atoms with E-state index in [4.69, 9.17) is 0 Å². The average molecular weight is 429 g/mol. The van der Waals surface area contributed by atoms with Gasteiger partial charge in [-0.3, -0.25) is 9.20 Å². The number of sulfone groups is 1. The standard InChI is InChI=1S/C22H15N5O3S/c1-31(29,30)22-24-12-18-19(25-22)20(28)15(11-23)21-26(13-14-7-3-2-4-8-14)16-9-5-6-10-17(16)27(18)21/h2-10,12H,13H2,1H3. The van der Waals surface area contributed by atoms with Crippen molar-refractivity contribution in [2.24, 2.45) is 0 Å². The minimum atomic E-state index is -3.72. The molecule has 5 rings (SSSR count). The van der Waals surface area contributed by atoms with Crippen molar-refractivity contribution in [1.29, 1.82) is 5.26 Å². The van der Waals surface area contributed by atoms with Gasteiger partial charge >= 0.3 is 0 Å². The van der Waals surface area contributed by atoms with Gasteiger partial charge in [-0.25, -0.2) is 18.4 Å². The van der Waals surface area contributed by atoms with Crippen molar-refractivity contribution in [3.8, 4) is 6.07 Å². The van der Waals surface area contributed by atoms with Gasteiger partial charge in [-0.05, 0) is 17.7 Å². The van der Waals surface area contributed by atoms with Crippen LogP contribution in [0.3, 0.4) is 0 Å². The molecule has 0 aliphatic rings. The van der Waals surface area contributed by atoms with Crippen LogP contribution in [-0.2, 0) is 16.4 Å². The first-order valence-corrected chi connectivity index (χ1v) is 11.3. The van der Waals surface area contributed by atoms with Gasteiger partial charge in [0.15, 0.2) is 0 Å². The molecule has 0 fully saturated rings. The quantitative estimate of drug-likeness (QED) is 0.408. The fourth-order valence-corrected chi connectivity index (χ4v) is 4.34. The van der Waals surface area contributed by atoms with Crippen molar-refractivity contribution in [2.45, 2.75) is 11.7 Å². The van der Waals surface area contributed by atoms with E-state index in [2.05, 4.69) is 9.97 Å². The Hall–Kier alpha value is -4.03. The maximum Gasteiger partial charge on any atom is 0.247 e. The Kier molecular flexibility index (Phi) is 4.13. The molecule has 0 saturated heterocycles. The summed E-state index contributed by atoms with van der Waals surface area (Å²) in [6.07, 6.45) is 2.30. The molecule has 2 aromatic carbocycles. The minimum Gasteiger partial charge on any atom is -0.320 e. The molecule has 3 aromatic heterocycles. The summed E-state index contributed by atoms with van der Waals surface area (Å²) in [4.78, 5) is 21.2. The van der Waals surface area contributed by atoms with Gasteiger partial charge in [-0.1, -0.05) is 42.5 Å². The Balaban J connectivity index is 2.00. The largest absolute Gasteiger partial charge is 0.320 e. The molecular formula is C22H15N5O3S. The molecule has 8 nitrogen and oxygen atoms in total. The SMILES string of the molecule is CS(=O)(=O)c1ncc2c(n1)c(=O)c(C#N)c1n(Cc3ccccc3)c3ccccc3n21. The van der Waals surface area contributed by atoms with E-state index in [9.17, 15) is 18.5 Å². The van der Waals surface area contributed by atoms with Crippen molar-refractivity contribution >= 4 is 37.6 Å². The van der Waals surface area contributed by atoms with E-state index in [1.165, 1.54) is 6.20 Å². The van der Waals surface area contributed by atoms with Crippen LogP contribution in [0.5, 0.6) is 0 Å². The van der Waals surface area contributed by atoms with E-state index in [-0.39, 0.29) is 11.1 Å². The van der Waals surface area contributed by atoms with E-state index in [1.54, 1.807) is 4.40 Å². The van der Waals surface area contributed by atoms with Gasteiger partial charge in [0.2, 0.25) is 20.4 Å². The molecule has 152 valence electrons. The molecule has 0 unspecified atom stereocenters. The number of nitrogens with zero attached hydrogens (tertiary/aromatic N) is 5. The van der Waals surface area contributed by atoms with Crippen LogP contribution in [0.1, 0.15) is 11.1 Å². The lowest BCUT2D eigenvalue weighted by atomic mass is 10.2. The third-order valence-electron chi connectivity index (χ3n) is 5.16. The lowest BCUT2D eigenvalue weighted by molar-refractivity contribution is 0.593. The van der Waals surface area contributed by atoms with E-state index in [0.717, 1.165) is 22.9 Å². The molecule has 3 heterocycles. The Morgan fingerprint density at radius 2 is 1.68 bits per heavy atom. The zero-order valence-electron chi connectivity index (χ0n) is 16.3. The minimum absolute atomic E-state index is 0.0993. The smallest absolute Gasteiger partial charge is 0.247 e. The highest BCUT2D eigenvalue weighted by Crippen LogP contribution is 2.27. The second-order valence-corrected chi connectivity index (χ2v) is 9.10. The van der Waals surface area contributed by atoms with Gasteiger partial charge in [0, 0.05) is 12.8 Å². The first-order valence-electron chi connectivity index (χ1n) is 9.37. The van der Waals surface area contributed by atoms with Gasteiger partial charge in [0.25, 0.3) is 0 Å². The summed E-state index contributed by atoms with van der Waals surface area (Å²) in [5.74, 6) is 0. The molecule has 5 aromatic rings. The monoisotopic (exact) mass is 429 g/mol. The summed E-state index contributed by atoms with van der Waals surface area (Å²) in [5, 5.41) is 9.43. The van der Waals surface area contributed by atoms with Crippen molar-refractivity contribution in [3.05, 3.63) is 82.1 Å². The van der Waals surface area contributed by atoms with Crippen LogP contribution in [-0.4, -0.2) is 33.6 Å². The van der Waals surface area contributed by atoms with Crippen molar-refractivity contribution in [3.63, 3.8) is 0 Å². The van der Waals surface area contributed by atoms with Crippen LogP contribution >= 0.6 is 0 Å². The predicted octanol–water partition coefficient (Wildman–Crippen LogP) is 2.52. The van der Waals surface area contributed by atoms with Gasteiger partial charge in [0.05, 0.1) is 22.7 Å². The topological polar surface area (TPSA) is 110 Å². The maximum atomic E-state index is 13.2. The summed E-state index contributed by atoms with van der Waals surface area (Å²) in [5.41, 5.74) is 2.51. The van der Waals surface area contributed by atoms with Crippen molar-refractivity contribution in [2.75, 3.05) is 6.26 Å². The summed E-state index contributed by atoms with van der Waals surface area (Å²) in [7, 11) is -3.72. The van der Waals surface area contributed by atoms with Crippen LogP contribution in [0.25, 0.3) is 27.7 Å². The zero-order chi connectivity index (χ0) is 21.8. The van der Waals surface area contributed by atoms with Crippen LogP contribution in [0, 0.1) is 11.3 Å². The van der Waals surface area contributed by atoms with E-state index >= 15 is 0 Å². The fourth-order valence-electron chi connectivity index (χ4n) is 3.84. The normalized spacial score (nSPS) is 11.9. The Morgan fingerprint density at radius 1 is 1.00 bits per heavy atom. The molecular weight excluding hydrogens is 414 g/mol. The second-order valence-electron chi connectivity index (χ2n) is 7.19. The third-order valence-corrected chi connectivity index (χ3v) is 6.02. The highest BCUT2D eigenvalue weighted by atomic mass is 32.2. The van der Waals surface area contributed by atoms with Crippen LogP contribution in [0.15, 0.2) is 70.7 Å². The zero-order valence-corrected chi connectivity index (χ0v) is 17.2. The number of hydrogen-bond acceptors (Lipinski definition) is 6. The van der Waals surface area contributed by atoms with Gasteiger partial charge < -0.3 is 4.57 Å². The van der Waals surface area contributed by atoms with Gasteiger partial charge in [-0.2, -0.15) is 5.26 Å². The van der Waals surface area contributed by atoms with E-state index < -0.39 is 20.4 Å². The van der Waals surface area contributed by atoms with Gasteiger partial charge in [-0.15, -0.1) is 0 Å². The molecule has 0 aliphatic heterocycles. The lowest BCUT2D eigenvalue weighted by Crippen LogP contribution is -2.16. The summed E-state index contributed by atoms with van der Waals surface area (Å²) in [6.45, 7) is 0.444. The first kappa shape index (κ1) is 19.0. The van der Waals surface area contributed by atoms with E-state index in [0.29, 0.717) is 17.7 Å². The molecule has 0 aliphatic carbocycles. The van der Waals surface area contributed by atoms with Crippen LogP contribution in [0.2, 0.25) is 0 Å². The number of rotatable bonds is 3. The first-order chi connectivity index (χ1) is 14.9. The number of hydrogen-bond donors (Lipinski definition) is 0. The molecule has 0 N–H and O–H groups in total. The molecule has 0 radical (unpaired) electrons. The molecule has 0 spiro atoms. The summed E-state index contributed by atoms with van der Waals surface area (Å²) >= 11 is 0. The van der Waals surface area contributed by atoms with Gasteiger partial charge in [0.1, 0.15) is 22.8 Å². The number of aromatic nitrogens is 4. The molecule has 31 heavy (non-hydrogen) atoms. The molecule has 0 bridgehead atoms. The molecule has 9 heteroatoms. The average Bonchev–Trinajstić information content (AvgIpc) is 3.08. The third kappa shape index (κ3) is 2.88. The van der Waals surface area contributed by atoms with Crippen LogP contribution < -0.4 is 5.43 Å². The maximum absolute atomic E-state index is 13.2. The lowest BCUT2D eigenvalue weighted by Gasteiger charge is -2.09. The number of benzene rings is 2. The number of nitriles is 1. The van der Waals surface area contributed by atoms with Crippen molar-refractivity contribution < 1.29 is 8.42 Å². The Morgan fingerprint density at radius 3 is 2.35 bits per heavy atom. The van der Waals surface area contributed by atoms with Crippen LogP contribution in [0.4, 0.5) is 0 Å². The Labute approximate surface area is 176 Å². The van der Waals surface area contributed by atoms with Crippen molar-refractivity contribution in [1.82, 2.24) is 18.9 Å². The number of imidazole rings is 1. The Bertz CT molecular complexity index is 1710. The molecule has 0 atom stereocenters. The number of para-hydroxylation sites is 2. The molecule has 0 amide bonds. The second kappa shape index (κ2) is 6.75. The fraction of sp³-hybridized carbons (Fsp3) is 0.0909. The highest BCUT2D eigenvalue weighted by Gasteiger charge is 2.23. The highest BCUT2D eigenvalue weighted by molar-refractivity contribution is 7.90. The summed E-state index contributed by atoms with van der Waals surface area (Å²) < 4.78 is 27.5. The van der Waals surface area contributed by atoms with E-state index in [1.807, 2.05) is 65.2 Å². The number of fused-ring (bicyclic) bond motifs is 5. The number of pyridine rings is 1. The predicted molar refractivity (Wildman–Crippen MR) is 116 cm³/mol. The summed E-state index contributed by atoms with van der Waals surface area (Å²) in [6, 6.07) is 19.3.